The minimum absolute atomic E-state index is 0.174. The molecule has 0 bridgehead atoms. The molecule has 62 valence electrons. The van der Waals surface area contributed by atoms with Gasteiger partial charge in [0.1, 0.15) is 0 Å². The van der Waals surface area contributed by atoms with Gasteiger partial charge in [-0.05, 0) is 18.8 Å². The first-order valence-electron chi connectivity index (χ1n) is 3.70. The summed E-state index contributed by atoms with van der Waals surface area (Å²) in [5.74, 6) is 0.244. The predicted molar refractivity (Wildman–Crippen MR) is 52.5 cm³/mol. The smallest absolute Gasteiger partial charge is 0.0919 e. The van der Waals surface area contributed by atoms with E-state index in [9.17, 15) is 4.39 Å². The first-order chi connectivity index (χ1) is 4.45. The molecule has 0 aliphatic heterocycles. The Morgan fingerprint density at radius 2 is 2.00 bits per heavy atom. The van der Waals surface area contributed by atoms with E-state index in [-0.39, 0.29) is 12.6 Å². The molecule has 0 aromatic rings. The first-order valence-corrected chi connectivity index (χ1v) is 4.78. The lowest BCUT2D eigenvalue weighted by molar-refractivity contribution is 0.352. The average molecular weight is 258 g/mol. The Labute approximate surface area is 76.7 Å². The second-order valence-electron chi connectivity index (χ2n) is 3.52. The largest absolute Gasteiger partial charge is 0.251 e. The number of hydrogen-bond donors (Lipinski definition) is 0. The van der Waals surface area contributed by atoms with E-state index < -0.39 is 0 Å². The van der Waals surface area contributed by atoms with Gasteiger partial charge in [0, 0.05) is 3.42 Å². The maximum Gasteiger partial charge on any atom is 0.0919 e. The Hall–Kier alpha value is 0.660. The Kier molecular flexibility index (Phi) is 4.82. The highest BCUT2D eigenvalue weighted by Crippen LogP contribution is 2.25. The fourth-order valence-corrected chi connectivity index (χ4v) is 0.978. The molecule has 0 saturated carbocycles. The van der Waals surface area contributed by atoms with Gasteiger partial charge in [-0.2, -0.15) is 0 Å². The third-order valence-electron chi connectivity index (χ3n) is 1.50. The van der Waals surface area contributed by atoms with Crippen LogP contribution in [0.4, 0.5) is 4.39 Å². The lowest BCUT2D eigenvalue weighted by Crippen LogP contribution is -2.11. The fraction of sp³-hybridized carbons (Fsp3) is 1.00. The maximum atomic E-state index is 12.0. The third-order valence-corrected chi connectivity index (χ3v) is 2.03. The number of alkyl halides is 2. The highest BCUT2D eigenvalue weighted by Gasteiger charge is 2.13. The molecule has 0 radical (unpaired) electrons. The summed E-state index contributed by atoms with van der Waals surface area (Å²) < 4.78 is 12.3. The molecule has 0 heterocycles. The number of rotatable bonds is 4. The van der Waals surface area contributed by atoms with E-state index >= 15 is 0 Å². The molecule has 1 unspecified atom stereocenters. The van der Waals surface area contributed by atoms with Gasteiger partial charge >= 0.3 is 0 Å². The van der Waals surface area contributed by atoms with Crippen LogP contribution in [0.1, 0.15) is 33.6 Å². The minimum atomic E-state index is -0.174. The molecule has 0 nitrogen and oxygen atoms in total. The van der Waals surface area contributed by atoms with E-state index in [4.69, 9.17) is 0 Å². The van der Waals surface area contributed by atoms with Crippen LogP contribution in [-0.2, 0) is 0 Å². The van der Waals surface area contributed by atoms with Gasteiger partial charge in [-0.1, -0.05) is 43.4 Å². The normalized spacial score (nSPS) is 15.3. The van der Waals surface area contributed by atoms with Crippen molar-refractivity contribution in [2.45, 2.75) is 37.0 Å². The van der Waals surface area contributed by atoms with Crippen LogP contribution in [0.25, 0.3) is 0 Å². The van der Waals surface area contributed by atoms with Crippen molar-refractivity contribution >= 4 is 22.6 Å². The second kappa shape index (κ2) is 4.52. The summed E-state index contributed by atoms with van der Waals surface area (Å²) in [5, 5.41) is 0. The molecule has 0 saturated heterocycles. The van der Waals surface area contributed by atoms with E-state index in [0.29, 0.717) is 3.42 Å². The van der Waals surface area contributed by atoms with Gasteiger partial charge in [0.2, 0.25) is 0 Å². The van der Waals surface area contributed by atoms with Crippen molar-refractivity contribution in [1.29, 1.82) is 0 Å². The molecule has 2 heteroatoms. The van der Waals surface area contributed by atoms with E-state index in [1.165, 1.54) is 0 Å². The first kappa shape index (κ1) is 10.7. The zero-order chi connectivity index (χ0) is 8.20. The summed E-state index contributed by atoms with van der Waals surface area (Å²) in [5.41, 5.74) is 0. The predicted octanol–water partition coefficient (Wildman–Crippen LogP) is 3.59. The van der Waals surface area contributed by atoms with Gasteiger partial charge in [0.05, 0.1) is 6.67 Å². The minimum Gasteiger partial charge on any atom is -0.251 e. The van der Waals surface area contributed by atoms with E-state index in [2.05, 4.69) is 36.4 Å². The van der Waals surface area contributed by atoms with Gasteiger partial charge in [0.25, 0.3) is 0 Å². The van der Waals surface area contributed by atoms with E-state index in [1.807, 2.05) is 6.92 Å². The van der Waals surface area contributed by atoms with Gasteiger partial charge in [-0.3, -0.25) is 4.39 Å². The molecule has 10 heavy (non-hydrogen) atoms. The Bertz CT molecular complexity index is 85.7. The fourth-order valence-electron chi connectivity index (χ4n) is 0.667. The number of halogens is 2. The third kappa shape index (κ3) is 6.78. The molecule has 1 atom stereocenters. The molecule has 0 amide bonds. The summed E-state index contributed by atoms with van der Waals surface area (Å²) in [6, 6.07) is 0. The summed E-state index contributed by atoms with van der Waals surface area (Å²) in [6.07, 6.45) is 2.12. The molecule has 0 aliphatic carbocycles. The molecule has 0 rings (SSSR count). The van der Waals surface area contributed by atoms with E-state index in [0.717, 1.165) is 12.8 Å². The van der Waals surface area contributed by atoms with Crippen LogP contribution in [0.2, 0.25) is 0 Å². The van der Waals surface area contributed by atoms with Gasteiger partial charge in [-0.25, -0.2) is 0 Å². The summed E-state index contributed by atoms with van der Waals surface area (Å²) in [6.45, 7) is 6.14. The van der Waals surface area contributed by atoms with Crippen molar-refractivity contribution in [1.82, 2.24) is 0 Å². The topological polar surface area (TPSA) is 0 Å². The average Bonchev–Trinajstić information content (AvgIpc) is 1.81. The van der Waals surface area contributed by atoms with Crippen LogP contribution in [0.5, 0.6) is 0 Å². The van der Waals surface area contributed by atoms with Gasteiger partial charge < -0.3 is 0 Å². The second-order valence-corrected chi connectivity index (χ2v) is 6.44. The molecular weight excluding hydrogens is 242 g/mol. The van der Waals surface area contributed by atoms with Crippen molar-refractivity contribution in [2.75, 3.05) is 6.67 Å². The monoisotopic (exact) mass is 258 g/mol. The highest BCUT2D eigenvalue weighted by atomic mass is 127. The van der Waals surface area contributed by atoms with Crippen molar-refractivity contribution in [3.05, 3.63) is 0 Å². The Morgan fingerprint density at radius 3 is 2.30 bits per heavy atom. The number of hydrogen-bond acceptors (Lipinski definition) is 0. The van der Waals surface area contributed by atoms with E-state index in [1.54, 1.807) is 0 Å². The molecule has 0 aromatic heterocycles. The molecular formula is C8H16FI. The Morgan fingerprint density at radius 1 is 1.50 bits per heavy atom. The summed E-state index contributed by atoms with van der Waals surface area (Å²) >= 11 is 2.40. The van der Waals surface area contributed by atoms with Gasteiger partial charge in [0.15, 0.2) is 0 Å². The molecule has 0 spiro atoms. The lowest BCUT2D eigenvalue weighted by atomic mass is 10.0. The van der Waals surface area contributed by atoms with Gasteiger partial charge in [-0.15, -0.1) is 0 Å². The molecule has 0 aliphatic rings. The zero-order valence-electron chi connectivity index (χ0n) is 6.95. The Balaban J connectivity index is 3.36. The lowest BCUT2D eigenvalue weighted by Gasteiger charge is -2.17. The zero-order valence-corrected chi connectivity index (χ0v) is 9.11. The molecule has 0 aromatic carbocycles. The van der Waals surface area contributed by atoms with Crippen LogP contribution in [-0.4, -0.2) is 10.1 Å². The molecule has 0 fully saturated rings. The SMILES string of the molecule is CC(CF)CCC(C)(C)I. The van der Waals surface area contributed by atoms with Crippen molar-refractivity contribution in [3.8, 4) is 0 Å². The van der Waals surface area contributed by atoms with Crippen LogP contribution >= 0.6 is 22.6 Å². The van der Waals surface area contributed by atoms with Crippen LogP contribution in [0, 0.1) is 5.92 Å². The maximum absolute atomic E-state index is 12.0. The highest BCUT2D eigenvalue weighted by molar-refractivity contribution is 14.1. The van der Waals surface area contributed by atoms with Crippen LogP contribution in [0.3, 0.4) is 0 Å². The summed E-state index contributed by atoms with van der Waals surface area (Å²) in [4.78, 5) is 0. The summed E-state index contributed by atoms with van der Waals surface area (Å²) in [7, 11) is 0. The van der Waals surface area contributed by atoms with Crippen LogP contribution in [0.15, 0.2) is 0 Å². The van der Waals surface area contributed by atoms with Crippen molar-refractivity contribution < 1.29 is 4.39 Å². The van der Waals surface area contributed by atoms with Crippen molar-refractivity contribution in [2.24, 2.45) is 5.92 Å². The van der Waals surface area contributed by atoms with Crippen molar-refractivity contribution in [3.63, 3.8) is 0 Å². The quantitative estimate of drug-likeness (QED) is 0.534. The van der Waals surface area contributed by atoms with Crippen LogP contribution < -0.4 is 0 Å². The molecule has 0 N–H and O–H groups in total. The standard InChI is InChI=1S/C8H16FI/c1-7(6-9)4-5-8(2,3)10/h7H,4-6H2,1-3H3.